The molecule has 0 saturated carbocycles. The van der Waals surface area contributed by atoms with Gasteiger partial charge >= 0.3 is 0 Å². The Labute approximate surface area is 179 Å². The highest BCUT2D eigenvalue weighted by molar-refractivity contribution is 5.88. The Morgan fingerprint density at radius 1 is 1.17 bits per heavy atom. The molecule has 2 aliphatic rings. The minimum absolute atomic E-state index is 0.0243. The molecule has 4 rings (SSSR count). The molecule has 160 valence electrons. The summed E-state index contributed by atoms with van der Waals surface area (Å²) in [6.45, 7) is 5.07. The topological polar surface area (TPSA) is 73.4 Å². The molecule has 2 heterocycles. The first-order chi connectivity index (χ1) is 14.5. The lowest BCUT2D eigenvalue weighted by Gasteiger charge is -2.29. The normalized spacial score (nSPS) is 19.4. The van der Waals surface area contributed by atoms with E-state index in [-0.39, 0.29) is 23.7 Å². The van der Waals surface area contributed by atoms with E-state index in [1.807, 2.05) is 6.92 Å². The van der Waals surface area contributed by atoms with E-state index in [9.17, 15) is 9.90 Å². The van der Waals surface area contributed by atoms with Crippen molar-refractivity contribution in [1.29, 1.82) is 0 Å². The number of carbonyl (C=O) groups is 1. The second kappa shape index (κ2) is 8.99. The van der Waals surface area contributed by atoms with Gasteiger partial charge in [-0.1, -0.05) is 38.3 Å². The first-order valence-electron chi connectivity index (χ1n) is 11.3. The molecule has 2 atom stereocenters. The Hall–Kier alpha value is -2.69. The van der Waals surface area contributed by atoms with Crippen LogP contribution in [0.25, 0.3) is 0 Å². The Bertz CT molecular complexity index is 925. The van der Waals surface area contributed by atoms with E-state index in [4.69, 9.17) is 0 Å². The van der Waals surface area contributed by atoms with Crippen molar-refractivity contribution in [3.05, 3.63) is 52.6 Å². The number of nitrogens with one attached hydrogen (secondary N) is 3. The first-order valence-corrected chi connectivity index (χ1v) is 11.3. The molecule has 0 saturated heterocycles. The lowest BCUT2D eigenvalue weighted by Crippen LogP contribution is -2.42. The van der Waals surface area contributed by atoms with Gasteiger partial charge in [-0.15, -0.1) is 0 Å². The molecular formula is C25H33N3O2. The molecule has 5 heteroatoms. The standard InChI is InChI=1S/C25H33N3O2/c1-3-4-5-6-7-17-8-9-21-20(13-17)22(10-11-26-21)28-25(30)24-15-19-16(2)12-18(29)14-23(19)27-24/h8-9,12-14,22,24,26-27,29H,3-7,10-11,15H2,1-2H3,(H,28,30). The van der Waals surface area contributed by atoms with Crippen molar-refractivity contribution in [1.82, 2.24) is 5.32 Å². The zero-order chi connectivity index (χ0) is 21.1. The van der Waals surface area contributed by atoms with Crippen molar-refractivity contribution in [2.24, 2.45) is 0 Å². The number of unbranched alkanes of at least 4 members (excludes halogenated alkanes) is 3. The quantitative estimate of drug-likeness (QED) is 0.496. The molecule has 0 bridgehead atoms. The van der Waals surface area contributed by atoms with E-state index in [1.165, 1.54) is 36.8 Å². The number of aromatic hydroxyl groups is 1. The highest BCUT2D eigenvalue weighted by Crippen LogP contribution is 2.34. The van der Waals surface area contributed by atoms with Gasteiger partial charge in [-0.05, 0) is 60.6 Å². The Morgan fingerprint density at radius 2 is 2.03 bits per heavy atom. The van der Waals surface area contributed by atoms with Gasteiger partial charge in [0.05, 0.1) is 6.04 Å². The molecule has 30 heavy (non-hydrogen) atoms. The summed E-state index contributed by atoms with van der Waals surface area (Å²) in [6.07, 6.45) is 7.67. The molecule has 5 nitrogen and oxygen atoms in total. The number of amides is 1. The lowest BCUT2D eigenvalue weighted by atomic mass is 9.93. The van der Waals surface area contributed by atoms with Gasteiger partial charge in [0, 0.05) is 30.4 Å². The first kappa shape index (κ1) is 20.6. The van der Waals surface area contributed by atoms with Crippen molar-refractivity contribution in [2.45, 2.75) is 70.9 Å². The van der Waals surface area contributed by atoms with Crippen LogP contribution in [0.3, 0.4) is 0 Å². The van der Waals surface area contributed by atoms with Gasteiger partial charge in [0.25, 0.3) is 0 Å². The molecule has 0 fully saturated rings. The summed E-state index contributed by atoms with van der Waals surface area (Å²) in [6, 6.07) is 9.86. The highest BCUT2D eigenvalue weighted by Gasteiger charge is 2.31. The van der Waals surface area contributed by atoms with Crippen molar-refractivity contribution >= 4 is 17.3 Å². The molecule has 0 aliphatic carbocycles. The lowest BCUT2D eigenvalue weighted by molar-refractivity contribution is -0.122. The Kier molecular flexibility index (Phi) is 6.16. The molecule has 0 radical (unpaired) electrons. The maximum atomic E-state index is 13.1. The molecule has 4 N–H and O–H groups in total. The minimum atomic E-state index is -0.295. The van der Waals surface area contributed by atoms with Crippen LogP contribution in [0.5, 0.6) is 5.75 Å². The molecule has 2 aliphatic heterocycles. The summed E-state index contributed by atoms with van der Waals surface area (Å²) in [4.78, 5) is 13.1. The van der Waals surface area contributed by atoms with Gasteiger partial charge in [-0.2, -0.15) is 0 Å². The molecule has 1 amide bonds. The van der Waals surface area contributed by atoms with Gasteiger partial charge in [0.1, 0.15) is 11.8 Å². The smallest absolute Gasteiger partial charge is 0.243 e. The number of phenolic OH excluding ortho intramolecular Hbond substituents is 1. The Morgan fingerprint density at radius 3 is 2.87 bits per heavy atom. The third-order valence-corrected chi connectivity index (χ3v) is 6.39. The summed E-state index contributed by atoms with van der Waals surface area (Å²) >= 11 is 0. The van der Waals surface area contributed by atoms with Crippen LogP contribution in [0.2, 0.25) is 0 Å². The summed E-state index contributed by atoms with van der Waals surface area (Å²) in [7, 11) is 0. The van der Waals surface area contributed by atoms with E-state index in [1.54, 1.807) is 12.1 Å². The molecule has 2 unspecified atom stereocenters. The summed E-state index contributed by atoms with van der Waals surface area (Å²) in [5.41, 5.74) is 6.69. The molecule has 2 aromatic rings. The van der Waals surface area contributed by atoms with Gasteiger partial charge in [-0.3, -0.25) is 4.79 Å². The van der Waals surface area contributed by atoms with E-state index < -0.39 is 0 Å². The zero-order valence-electron chi connectivity index (χ0n) is 18.1. The number of hydrogen-bond acceptors (Lipinski definition) is 4. The predicted octanol–water partition coefficient (Wildman–Crippen LogP) is 4.83. The van der Waals surface area contributed by atoms with E-state index in [0.717, 1.165) is 41.9 Å². The van der Waals surface area contributed by atoms with Crippen LogP contribution in [-0.2, 0) is 17.6 Å². The largest absolute Gasteiger partial charge is 0.508 e. The number of anilines is 2. The fourth-order valence-corrected chi connectivity index (χ4v) is 4.70. The third kappa shape index (κ3) is 4.40. The van der Waals surface area contributed by atoms with Crippen molar-refractivity contribution in [3.8, 4) is 5.75 Å². The van der Waals surface area contributed by atoms with Gasteiger partial charge in [0.15, 0.2) is 0 Å². The Balaban J connectivity index is 1.43. The van der Waals surface area contributed by atoms with E-state index in [0.29, 0.717) is 6.42 Å². The fourth-order valence-electron chi connectivity index (χ4n) is 4.70. The van der Waals surface area contributed by atoms with Crippen LogP contribution in [0.4, 0.5) is 11.4 Å². The van der Waals surface area contributed by atoms with Crippen LogP contribution < -0.4 is 16.0 Å². The molecular weight excluding hydrogens is 374 g/mol. The summed E-state index contributed by atoms with van der Waals surface area (Å²) in [5.74, 6) is 0.259. The average molecular weight is 408 g/mol. The van der Waals surface area contributed by atoms with Gasteiger partial charge < -0.3 is 21.1 Å². The van der Waals surface area contributed by atoms with Crippen molar-refractivity contribution in [2.75, 3.05) is 17.2 Å². The second-order valence-corrected chi connectivity index (χ2v) is 8.70. The van der Waals surface area contributed by atoms with Crippen LogP contribution in [0.1, 0.15) is 67.3 Å². The summed E-state index contributed by atoms with van der Waals surface area (Å²) < 4.78 is 0. The third-order valence-electron chi connectivity index (χ3n) is 6.39. The van der Waals surface area contributed by atoms with E-state index >= 15 is 0 Å². The van der Waals surface area contributed by atoms with Crippen molar-refractivity contribution in [3.63, 3.8) is 0 Å². The van der Waals surface area contributed by atoms with Gasteiger partial charge in [-0.25, -0.2) is 0 Å². The maximum Gasteiger partial charge on any atom is 0.243 e. The number of carbonyl (C=O) groups excluding carboxylic acids is 1. The SMILES string of the molecule is CCCCCCc1ccc2c(c1)C(NC(=O)C1Cc3c(C)cc(O)cc3N1)CCN2. The number of phenols is 1. The average Bonchev–Trinajstić information content (AvgIpc) is 3.16. The molecule has 2 aromatic carbocycles. The number of aryl methyl sites for hydroxylation is 2. The van der Waals surface area contributed by atoms with Gasteiger partial charge in [0.2, 0.25) is 5.91 Å². The van der Waals surface area contributed by atoms with Crippen LogP contribution in [-0.4, -0.2) is 23.6 Å². The summed E-state index contributed by atoms with van der Waals surface area (Å²) in [5, 5.41) is 19.9. The number of fused-ring (bicyclic) bond motifs is 2. The maximum absolute atomic E-state index is 13.1. The predicted molar refractivity (Wildman–Crippen MR) is 122 cm³/mol. The van der Waals surface area contributed by atoms with Crippen LogP contribution in [0.15, 0.2) is 30.3 Å². The molecule has 0 spiro atoms. The fraction of sp³-hybridized carbons (Fsp3) is 0.480. The van der Waals surface area contributed by atoms with Crippen LogP contribution in [0, 0.1) is 6.92 Å². The zero-order valence-corrected chi connectivity index (χ0v) is 18.1. The minimum Gasteiger partial charge on any atom is -0.508 e. The highest BCUT2D eigenvalue weighted by atomic mass is 16.3. The number of hydrogen-bond donors (Lipinski definition) is 4. The number of rotatable bonds is 7. The van der Waals surface area contributed by atoms with E-state index in [2.05, 4.69) is 41.1 Å². The van der Waals surface area contributed by atoms with Crippen molar-refractivity contribution < 1.29 is 9.90 Å². The second-order valence-electron chi connectivity index (χ2n) is 8.70. The van der Waals surface area contributed by atoms with Crippen LogP contribution >= 0.6 is 0 Å². The number of benzene rings is 2. The monoisotopic (exact) mass is 407 g/mol. The molecule has 0 aromatic heterocycles.